The Kier molecular flexibility index (Phi) is 15.0. The molecule has 0 unspecified atom stereocenters. The molecule has 0 rings (SSSR count). The molecule has 0 spiro atoms. The monoisotopic (exact) mass is 399 g/mol. The van der Waals surface area contributed by atoms with Crippen LogP contribution >= 0.6 is 0 Å². The first-order valence-corrected chi connectivity index (χ1v) is 10.4. The number of carbonyl (C=O) groups is 3. The summed E-state index contributed by atoms with van der Waals surface area (Å²) >= 11 is 0. The average molecular weight is 400 g/mol. The van der Waals surface area contributed by atoms with Crippen LogP contribution in [0.3, 0.4) is 0 Å². The third-order valence-electron chi connectivity index (χ3n) is 5.03. The van der Waals surface area contributed by atoms with Gasteiger partial charge in [-0.05, 0) is 32.1 Å². The molecular formula is C21H37NO6. The summed E-state index contributed by atoms with van der Waals surface area (Å²) in [6.45, 7) is 3.45. The minimum Gasteiger partial charge on any atom is -0.550 e. The molecular weight excluding hydrogens is 362 g/mol. The van der Waals surface area contributed by atoms with Gasteiger partial charge in [0.15, 0.2) is 0 Å². The fourth-order valence-corrected chi connectivity index (χ4v) is 3.30. The molecule has 28 heavy (non-hydrogen) atoms. The molecule has 0 aromatic rings. The third kappa shape index (κ3) is 15.2. The number of aliphatic carboxylic acids is 3. The summed E-state index contributed by atoms with van der Waals surface area (Å²) in [6.07, 6.45) is 12.6. The van der Waals surface area contributed by atoms with E-state index < -0.39 is 17.9 Å². The zero-order valence-electron chi connectivity index (χ0n) is 17.2. The van der Waals surface area contributed by atoms with Crippen LogP contribution in [0, 0.1) is 0 Å². The van der Waals surface area contributed by atoms with Crippen LogP contribution in [0.15, 0.2) is 12.2 Å². The summed E-state index contributed by atoms with van der Waals surface area (Å²) in [5.41, 5.74) is 0. The lowest BCUT2D eigenvalue weighted by Gasteiger charge is -2.38. The normalized spacial score (nSPS) is 11.8. The van der Waals surface area contributed by atoms with Crippen molar-refractivity contribution in [3.8, 4) is 0 Å². The predicted molar refractivity (Wildman–Crippen MR) is 106 cm³/mol. The maximum absolute atomic E-state index is 11.0. The van der Waals surface area contributed by atoms with Crippen molar-refractivity contribution in [1.29, 1.82) is 0 Å². The zero-order chi connectivity index (χ0) is 21.3. The number of hydrogen-bond donors (Lipinski definition) is 2. The van der Waals surface area contributed by atoms with E-state index in [1.807, 2.05) is 0 Å². The summed E-state index contributed by atoms with van der Waals surface area (Å²) in [5, 5.41) is 28.9. The van der Waals surface area contributed by atoms with Gasteiger partial charge in [0.05, 0.1) is 39.0 Å². The van der Waals surface area contributed by atoms with Crippen LogP contribution in [0.1, 0.15) is 77.6 Å². The smallest absolute Gasteiger partial charge is 0.309 e. The SMILES string of the molecule is CCCCCC/C=C/CCCC[N+](CCC(=O)[O-])(CCC(=O)O)CCC(=O)O. The number of carbonyl (C=O) groups excluding carboxylic acids is 1. The Morgan fingerprint density at radius 2 is 1.25 bits per heavy atom. The Labute approximate surface area is 168 Å². The summed E-state index contributed by atoms with van der Waals surface area (Å²) in [6, 6.07) is 0. The highest BCUT2D eigenvalue weighted by Crippen LogP contribution is 2.15. The van der Waals surface area contributed by atoms with Crippen LogP contribution in [-0.4, -0.2) is 58.8 Å². The minimum absolute atomic E-state index is 0.107. The Morgan fingerprint density at radius 1 is 0.750 bits per heavy atom. The largest absolute Gasteiger partial charge is 0.550 e. The zero-order valence-corrected chi connectivity index (χ0v) is 17.2. The van der Waals surface area contributed by atoms with Crippen molar-refractivity contribution in [3.63, 3.8) is 0 Å². The van der Waals surface area contributed by atoms with E-state index in [1.54, 1.807) is 0 Å². The number of hydrogen-bond acceptors (Lipinski definition) is 4. The maximum atomic E-state index is 11.0. The van der Waals surface area contributed by atoms with Gasteiger partial charge >= 0.3 is 11.9 Å². The van der Waals surface area contributed by atoms with Crippen molar-refractivity contribution in [2.24, 2.45) is 0 Å². The maximum Gasteiger partial charge on any atom is 0.309 e. The quantitative estimate of drug-likeness (QED) is 0.196. The van der Waals surface area contributed by atoms with Crippen molar-refractivity contribution < 1.29 is 34.2 Å². The Hall–Kier alpha value is -1.89. The van der Waals surface area contributed by atoms with E-state index in [1.165, 1.54) is 25.7 Å². The van der Waals surface area contributed by atoms with E-state index in [9.17, 15) is 19.5 Å². The topological polar surface area (TPSA) is 115 Å². The van der Waals surface area contributed by atoms with E-state index in [0.717, 1.165) is 25.7 Å². The molecule has 2 N–H and O–H groups in total. The molecule has 0 aliphatic heterocycles. The number of allylic oxidation sites excluding steroid dienone is 2. The van der Waals surface area contributed by atoms with E-state index >= 15 is 0 Å². The van der Waals surface area contributed by atoms with Gasteiger partial charge in [-0.1, -0.05) is 38.3 Å². The highest BCUT2D eigenvalue weighted by Gasteiger charge is 2.28. The molecule has 0 aromatic carbocycles. The number of quaternary nitrogens is 1. The Balaban J connectivity index is 4.57. The predicted octanol–water partition coefficient (Wildman–Crippen LogP) is 2.59. The average Bonchev–Trinajstić information content (AvgIpc) is 2.63. The van der Waals surface area contributed by atoms with Crippen LogP contribution in [0.5, 0.6) is 0 Å². The molecule has 7 nitrogen and oxygen atoms in total. The number of unbranched alkanes of at least 4 members (excludes halogenated alkanes) is 6. The molecule has 0 saturated carbocycles. The van der Waals surface area contributed by atoms with Crippen molar-refractivity contribution in [2.45, 2.75) is 77.6 Å². The van der Waals surface area contributed by atoms with E-state index in [0.29, 0.717) is 6.54 Å². The summed E-state index contributed by atoms with van der Waals surface area (Å²) < 4.78 is 0.202. The van der Waals surface area contributed by atoms with Gasteiger partial charge in [-0.2, -0.15) is 0 Å². The lowest BCUT2D eigenvalue weighted by molar-refractivity contribution is -0.927. The second kappa shape index (κ2) is 16.1. The first-order valence-electron chi connectivity index (χ1n) is 10.4. The molecule has 0 atom stereocenters. The van der Waals surface area contributed by atoms with Crippen LogP contribution in [0.4, 0.5) is 0 Å². The third-order valence-corrected chi connectivity index (χ3v) is 5.03. The summed E-state index contributed by atoms with van der Waals surface area (Å²) in [4.78, 5) is 32.9. The lowest BCUT2D eigenvalue weighted by atomic mass is 10.1. The first kappa shape index (κ1) is 26.1. The van der Waals surface area contributed by atoms with Crippen molar-refractivity contribution in [1.82, 2.24) is 0 Å². The van der Waals surface area contributed by atoms with Gasteiger partial charge in [-0.15, -0.1) is 0 Å². The molecule has 0 radical (unpaired) electrons. The molecule has 0 aliphatic carbocycles. The number of carboxylic acid groups (broad SMARTS) is 3. The highest BCUT2D eigenvalue weighted by atomic mass is 16.4. The molecule has 0 aliphatic rings. The van der Waals surface area contributed by atoms with Crippen molar-refractivity contribution >= 4 is 17.9 Å². The van der Waals surface area contributed by atoms with Gasteiger partial charge in [0, 0.05) is 12.4 Å². The molecule has 0 fully saturated rings. The second-order valence-corrected chi connectivity index (χ2v) is 7.46. The lowest BCUT2D eigenvalue weighted by Crippen LogP contribution is -2.53. The number of carboxylic acids is 3. The Morgan fingerprint density at radius 3 is 1.71 bits per heavy atom. The van der Waals surface area contributed by atoms with Gasteiger partial charge in [0.2, 0.25) is 0 Å². The van der Waals surface area contributed by atoms with Gasteiger partial charge in [-0.3, -0.25) is 9.59 Å². The summed E-state index contributed by atoms with van der Waals surface area (Å²) in [5.74, 6) is -3.12. The second-order valence-electron chi connectivity index (χ2n) is 7.46. The highest BCUT2D eigenvalue weighted by molar-refractivity contribution is 5.67. The first-order chi connectivity index (χ1) is 13.3. The van der Waals surface area contributed by atoms with Gasteiger partial charge in [-0.25, -0.2) is 0 Å². The molecule has 0 aromatic heterocycles. The van der Waals surface area contributed by atoms with Crippen molar-refractivity contribution in [2.75, 3.05) is 26.2 Å². The minimum atomic E-state index is -1.20. The molecule has 0 bridgehead atoms. The molecule has 0 amide bonds. The van der Waals surface area contributed by atoms with Crippen LogP contribution in [0.2, 0.25) is 0 Å². The standard InChI is InChI=1S/C21H37NO6/c1-2-3-4-5-6-7-8-9-10-11-15-22(16-12-19(23)24,17-13-20(25)26)18-14-21(27)28/h7-8H,2-6,9-18H2,1H3,(H2-,23,24,25,26,27,28)/b8-7+. The fourth-order valence-electron chi connectivity index (χ4n) is 3.30. The number of rotatable bonds is 19. The molecule has 162 valence electrons. The van der Waals surface area contributed by atoms with Crippen LogP contribution < -0.4 is 5.11 Å². The van der Waals surface area contributed by atoms with Crippen LogP contribution in [0.25, 0.3) is 0 Å². The molecule has 7 heteroatoms. The van der Waals surface area contributed by atoms with Crippen molar-refractivity contribution in [3.05, 3.63) is 12.2 Å². The van der Waals surface area contributed by atoms with Gasteiger partial charge in [0.25, 0.3) is 0 Å². The Bertz CT molecular complexity index is 444. The van der Waals surface area contributed by atoms with E-state index in [-0.39, 0.29) is 43.4 Å². The van der Waals surface area contributed by atoms with Gasteiger partial charge in [0.1, 0.15) is 0 Å². The number of nitrogens with zero attached hydrogens (tertiary/aromatic N) is 1. The summed E-state index contributed by atoms with van der Waals surface area (Å²) in [7, 11) is 0. The molecule has 0 saturated heterocycles. The van der Waals surface area contributed by atoms with Gasteiger partial charge < -0.3 is 24.6 Å². The molecule has 0 heterocycles. The fraction of sp³-hybridized carbons (Fsp3) is 0.762. The van der Waals surface area contributed by atoms with Crippen LogP contribution in [-0.2, 0) is 14.4 Å². The van der Waals surface area contributed by atoms with E-state index in [4.69, 9.17) is 10.2 Å². The van der Waals surface area contributed by atoms with E-state index in [2.05, 4.69) is 19.1 Å².